The monoisotopic (exact) mass is 414 g/mol. The highest BCUT2D eigenvalue weighted by molar-refractivity contribution is 5.85. The summed E-state index contributed by atoms with van der Waals surface area (Å²) in [4.78, 5) is 12.5. The average molecular weight is 415 g/mol. The fraction of sp³-hybridized carbons (Fsp3) is 0.273. The van der Waals surface area contributed by atoms with E-state index in [9.17, 15) is 9.18 Å². The standard InChI is InChI=1S/C22H23FN4O.ClH/c23-18-9-6-15(7-10-18)21-17(13-25-22(28)16-8-11-19(24)12-16)14-27(26-21)20-4-2-1-3-5-20;/h1-7,9-10,14,16,19H,8,11-13,24H2,(H,25,28);1H. The van der Waals surface area contributed by atoms with Crippen LogP contribution < -0.4 is 11.1 Å². The molecule has 2 aromatic carbocycles. The predicted octanol–water partition coefficient (Wildman–Crippen LogP) is 3.84. The van der Waals surface area contributed by atoms with Crippen molar-refractivity contribution in [1.29, 1.82) is 0 Å². The SMILES string of the molecule is Cl.NC1CCC(C(=O)NCc2cn(-c3ccccc3)nc2-c2ccc(F)cc2)C1. The number of nitrogens with one attached hydrogen (secondary N) is 1. The highest BCUT2D eigenvalue weighted by atomic mass is 35.5. The Kier molecular flexibility index (Phi) is 6.67. The van der Waals surface area contributed by atoms with Crippen LogP contribution in [0.5, 0.6) is 0 Å². The summed E-state index contributed by atoms with van der Waals surface area (Å²) in [6, 6.07) is 16.1. The van der Waals surface area contributed by atoms with E-state index < -0.39 is 0 Å². The van der Waals surface area contributed by atoms with Crippen molar-refractivity contribution in [2.45, 2.75) is 31.8 Å². The molecule has 7 heteroatoms. The molecule has 1 amide bonds. The Balaban J connectivity index is 0.00000240. The molecule has 0 aliphatic heterocycles. The van der Waals surface area contributed by atoms with Gasteiger partial charge in [-0.15, -0.1) is 12.4 Å². The number of nitrogens with zero attached hydrogens (tertiary/aromatic N) is 2. The Bertz CT molecular complexity index is 959. The molecule has 3 N–H and O–H groups in total. The minimum Gasteiger partial charge on any atom is -0.352 e. The second-order valence-electron chi connectivity index (χ2n) is 7.28. The van der Waals surface area contributed by atoms with Gasteiger partial charge in [-0.1, -0.05) is 18.2 Å². The molecule has 0 spiro atoms. The van der Waals surface area contributed by atoms with E-state index in [4.69, 9.17) is 10.8 Å². The molecule has 0 radical (unpaired) electrons. The molecular formula is C22H24ClFN4O. The predicted molar refractivity (Wildman–Crippen MR) is 113 cm³/mol. The van der Waals surface area contributed by atoms with Crippen LogP contribution in [0.2, 0.25) is 0 Å². The van der Waals surface area contributed by atoms with Crippen molar-refractivity contribution in [3.8, 4) is 16.9 Å². The molecule has 1 aliphatic carbocycles. The van der Waals surface area contributed by atoms with E-state index in [0.717, 1.165) is 41.8 Å². The first-order valence-electron chi connectivity index (χ1n) is 9.53. The largest absolute Gasteiger partial charge is 0.352 e. The zero-order valence-electron chi connectivity index (χ0n) is 15.9. The van der Waals surface area contributed by atoms with Gasteiger partial charge in [-0.3, -0.25) is 4.79 Å². The zero-order chi connectivity index (χ0) is 19.5. The van der Waals surface area contributed by atoms with Crippen LogP contribution >= 0.6 is 12.4 Å². The number of carbonyl (C=O) groups is 1. The molecule has 0 bridgehead atoms. The summed E-state index contributed by atoms with van der Waals surface area (Å²) in [5, 5.41) is 7.72. The second-order valence-corrected chi connectivity index (χ2v) is 7.28. The lowest BCUT2D eigenvalue weighted by atomic mass is 10.1. The summed E-state index contributed by atoms with van der Waals surface area (Å²) in [7, 11) is 0. The number of hydrogen-bond acceptors (Lipinski definition) is 3. The van der Waals surface area contributed by atoms with Gasteiger partial charge >= 0.3 is 0 Å². The number of hydrogen-bond donors (Lipinski definition) is 2. The molecule has 29 heavy (non-hydrogen) atoms. The third-order valence-electron chi connectivity index (χ3n) is 5.23. The van der Waals surface area contributed by atoms with Gasteiger partial charge in [0.2, 0.25) is 5.91 Å². The normalized spacial score (nSPS) is 18.3. The zero-order valence-corrected chi connectivity index (χ0v) is 16.7. The summed E-state index contributed by atoms with van der Waals surface area (Å²) < 4.78 is 15.1. The van der Waals surface area contributed by atoms with E-state index in [1.165, 1.54) is 12.1 Å². The maximum atomic E-state index is 13.3. The third-order valence-corrected chi connectivity index (χ3v) is 5.23. The number of para-hydroxylation sites is 1. The first kappa shape index (κ1) is 21.0. The Labute approximate surface area is 175 Å². The fourth-order valence-corrected chi connectivity index (χ4v) is 3.68. The summed E-state index contributed by atoms with van der Waals surface area (Å²) >= 11 is 0. The van der Waals surface area contributed by atoms with Crippen molar-refractivity contribution >= 4 is 18.3 Å². The van der Waals surface area contributed by atoms with Gasteiger partial charge in [-0.25, -0.2) is 9.07 Å². The minimum atomic E-state index is -0.293. The lowest BCUT2D eigenvalue weighted by Crippen LogP contribution is -2.30. The van der Waals surface area contributed by atoms with Crippen LogP contribution in [-0.4, -0.2) is 21.7 Å². The first-order valence-corrected chi connectivity index (χ1v) is 9.53. The summed E-state index contributed by atoms with van der Waals surface area (Å²) in [6.45, 7) is 0.365. The van der Waals surface area contributed by atoms with Crippen LogP contribution in [0.4, 0.5) is 4.39 Å². The molecule has 1 saturated carbocycles. The first-order chi connectivity index (χ1) is 13.6. The quantitative estimate of drug-likeness (QED) is 0.666. The molecule has 5 nitrogen and oxygen atoms in total. The topological polar surface area (TPSA) is 72.9 Å². The highest BCUT2D eigenvalue weighted by Gasteiger charge is 2.27. The van der Waals surface area contributed by atoms with Gasteiger partial charge in [-0.2, -0.15) is 5.10 Å². The number of halogens is 2. The number of amides is 1. The van der Waals surface area contributed by atoms with Gasteiger partial charge in [0.15, 0.2) is 0 Å². The van der Waals surface area contributed by atoms with Crippen molar-refractivity contribution in [2.24, 2.45) is 11.7 Å². The van der Waals surface area contributed by atoms with E-state index in [-0.39, 0.29) is 36.1 Å². The number of carbonyl (C=O) groups excluding carboxylic acids is 1. The highest BCUT2D eigenvalue weighted by Crippen LogP contribution is 2.26. The van der Waals surface area contributed by atoms with Crippen LogP contribution in [0.1, 0.15) is 24.8 Å². The third kappa shape index (κ3) is 4.83. The van der Waals surface area contributed by atoms with Gasteiger partial charge in [0.1, 0.15) is 5.82 Å². The van der Waals surface area contributed by atoms with Gasteiger partial charge < -0.3 is 11.1 Å². The number of benzene rings is 2. The summed E-state index contributed by atoms with van der Waals surface area (Å²) in [6.07, 6.45) is 4.38. The molecule has 1 fully saturated rings. The van der Waals surface area contributed by atoms with E-state index >= 15 is 0 Å². The van der Waals surface area contributed by atoms with E-state index in [1.54, 1.807) is 16.8 Å². The lowest BCUT2D eigenvalue weighted by molar-refractivity contribution is -0.125. The molecule has 0 saturated heterocycles. The van der Waals surface area contributed by atoms with Crippen LogP contribution in [0.3, 0.4) is 0 Å². The number of aromatic nitrogens is 2. The molecule has 1 aliphatic rings. The average Bonchev–Trinajstić information content (AvgIpc) is 3.34. The molecule has 152 valence electrons. The van der Waals surface area contributed by atoms with Crippen LogP contribution in [0.25, 0.3) is 16.9 Å². The second kappa shape index (κ2) is 9.20. The van der Waals surface area contributed by atoms with Crippen molar-refractivity contribution < 1.29 is 9.18 Å². The molecule has 1 aromatic heterocycles. The van der Waals surface area contributed by atoms with Gasteiger partial charge in [0, 0.05) is 35.8 Å². The summed E-state index contributed by atoms with van der Waals surface area (Å²) in [5.41, 5.74) is 9.27. The van der Waals surface area contributed by atoms with E-state index in [2.05, 4.69) is 5.32 Å². The molecule has 2 atom stereocenters. The molecule has 1 heterocycles. The van der Waals surface area contributed by atoms with Crippen molar-refractivity contribution in [1.82, 2.24) is 15.1 Å². The Morgan fingerprint density at radius 3 is 2.52 bits per heavy atom. The Morgan fingerprint density at radius 1 is 1.14 bits per heavy atom. The van der Waals surface area contributed by atoms with Crippen LogP contribution in [0, 0.1) is 11.7 Å². The molecule has 2 unspecified atom stereocenters. The van der Waals surface area contributed by atoms with Crippen molar-refractivity contribution in [3.05, 3.63) is 72.2 Å². The molecule has 4 rings (SSSR count). The maximum Gasteiger partial charge on any atom is 0.223 e. The minimum absolute atomic E-state index is 0. The van der Waals surface area contributed by atoms with E-state index in [0.29, 0.717) is 6.54 Å². The number of nitrogens with two attached hydrogens (primary N) is 1. The Hall–Kier alpha value is -2.70. The van der Waals surface area contributed by atoms with Crippen molar-refractivity contribution in [2.75, 3.05) is 0 Å². The van der Waals surface area contributed by atoms with Crippen molar-refractivity contribution in [3.63, 3.8) is 0 Å². The van der Waals surface area contributed by atoms with Gasteiger partial charge in [0.05, 0.1) is 11.4 Å². The van der Waals surface area contributed by atoms with E-state index in [1.807, 2.05) is 36.5 Å². The van der Waals surface area contributed by atoms with Gasteiger partial charge in [-0.05, 0) is 55.7 Å². The van der Waals surface area contributed by atoms with Crippen LogP contribution in [0.15, 0.2) is 60.8 Å². The number of rotatable bonds is 5. The Morgan fingerprint density at radius 2 is 1.86 bits per heavy atom. The van der Waals surface area contributed by atoms with Gasteiger partial charge in [0.25, 0.3) is 0 Å². The maximum absolute atomic E-state index is 13.3. The van der Waals surface area contributed by atoms with Crippen LogP contribution in [-0.2, 0) is 11.3 Å². The molecule has 3 aromatic rings. The fourth-order valence-electron chi connectivity index (χ4n) is 3.68. The lowest BCUT2D eigenvalue weighted by Gasteiger charge is -2.10. The smallest absolute Gasteiger partial charge is 0.223 e. The molecular weight excluding hydrogens is 391 g/mol. The summed E-state index contributed by atoms with van der Waals surface area (Å²) in [5.74, 6) is -0.280.